The number of benzene rings is 2. The molecule has 1 N–H and O–H groups in total. The normalized spacial score (nSPS) is 10.9. The fraction of sp³-hybridized carbons (Fsp3) is 0.0625. The monoisotopic (exact) mass is 520 g/mol. The van der Waals surface area contributed by atoms with Gasteiger partial charge in [-0.2, -0.15) is 0 Å². The minimum Gasteiger partial charge on any atom is -0.506 e. The topological polar surface area (TPSA) is 59.7 Å². The molecule has 0 saturated heterocycles. The summed E-state index contributed by atoms with van der Waals surface area (Å²) in [7, 11) is 1.52. The molecule has 0 unspecified atom stereocenters. The molecule has 0 radical (unpaired) electrons. The van der Waals surface area contributed by atoms with Crippen molar-refractivity contribution in [3.8, 4) is 22.8 Å². The van der Waals surface area contributed by atoms with E-state index in [0.29, 0.717) is 24.2 Å². The fourth-order valence-electron chi connectivity index (χ4n) is 2.21. The Morgan fingerprint density at radius 2 is 1.82 bits per heavy atom. The highest BCUT2D eigenvalue weighted by Gasteiger charge is 2.21. The first-order valence-corrected chi connectivity index (χ1v) is 8.47. The maximum atomic E-state index is 12.4. The van der Waals surface area contributed by atoms with Crippen LogP contribution in [0.25, 0.3) is 22.3 Å². The number of phenols is 1. The number of aromatic hydroxyl groups is 1. The highest BCUT2D eigenvalue weighted by Crippen LogP contribution is 2.41. The number of phenolic OH excluding ortho intramolecular Hbond substituents is 1. The van der Waals surface area contributed by atoms with Crippen molar-refractivity contribution in [1.82, 2.24) is 0 Å². The first kappa shape index (κ1) is 15.6. The van der Waals surface area contributed by atoms with Gasteiger partial charge >= 0.3 is 0 Å². The molecule has 4 nitrogen and oxygen atoms in total. The Morgan fingerprint density at radius 3 is 2.45 bits per heavy atom. The Morgan fingerprint density at radius 1 is 1.14 bits per heavy atom. The quantitative estimate of drug-likeness (QED) is 0.510. The van der Waals surface area contributed by atoms with Crippen molar-refractivity contribution in [1.29, 1.82) is 0 Å². The maximum Gasteiger partial charge on any atom is 0.197 e. The average molecular weight is 520 g/mol. The highest BCUT2D eigenvalue weighted by molar-refractivity contribution is 14.1. The van der Waals surface area contributed by atoms with Crippen molar-refractivity contribution < 1.29 is 14.3 Å². The molecule has 0 atom stereocenters. The summed E-state index contributed by atoms with van der Waals surface area (Å²) in [6.07, 6.45) is 0. The van der Waals surface area contributed by atoms with Gasteiger partial charge in [0.1, 0.15) is 16.9 Å². The molecule has 3 aromatic rings. The van der Waals surface area contributed by atoms with Crippen LogP contribution in [0.5, 0.6) is 11.5 Å². The lowest BCUT2D eigenvalue weighted by Crippen LogP contribution is -2.04. The van der Waals surface area contributed by atoms with Gasteiger partial charge in [-0.25, -0.2) is 0 Å². The van der Waals surface area contributed by atoms with Crippen LogP contribution in [0.2, 0.25) is 0 Å². The van der Waals surface area contributed by atoms with Gasteiger partial charge in [-0.15, -0.1) is 0 Å². The third-order valence-electron chi connectivity index (χ3n) is 3.25. The summed E-state index contributed by atoms with van der Waals surface area (Å²) in [5.41, 5.74) is 0.854. The average Bonchev–Trinajstić information content (AvgIpc) is 2.53. The van der Waals surface area contributed by atoms with Gasteiger partial charge in [-0.1, -0.05) is 30.3 Å². The lowest BCUT2D eigenvalue weighted by Gasteiger charge is -2.12. The van der Waals surface area contributed by atoms with Gasteiger partial charge in [-0.3, -0.25) is 4.79 Å². The van der Waals surface area contributed by atoms with E-state index in [0.717, 1.165) is 5.56 Å². The molecule has 3 rings (SSSR count). The maximum absolute atomic E-state index is 12.4. The van der Waals surface area contributed by atoms with Crippen molar-refractivity contribution in [2.24, 2.45) is 0 Å². The highest BCUT2D eigenvalue weighted by atomic mass is 127. The molecule has 2 aromatic carbocycles. The summed E-state index contributed by atoms with van der Waals surface area (Å²) in [6, 6.07) is 10.8. The smallest absolute Gasteiger partial charge is 0.197 e. The van der Waals surface area contributed by atoms with Gasteiger partial charge in [0.2, 0.25) is 0 Å². The van der Waals surface area contributed by atoms with Crippen LogP contribution >= 0.6 is 45.2 Å². The molecule has 0 bridgehead atoms. The molecule has 1 heterocycles. The molecule has 0 spiro atoms. The molecule has 22 heavy (non-hydrogen) atoms. The van der Waals surface area contributed by atoms with Gasteiger partial charge in [0.05, 0.1) is 14.3 Å². The minimum absolute atomic E-state index is 0.110. The van der Waals surface area contributed by atoms with E-state index in [2.05, 4.69) is 22.6 Å². The van der Waals surface area contributed by atoms with Gasteiger partial charge in [0.25, 0.3) is 0 Å². The molecule has 0 fully saturated rings. The molecule has 6 heteroatoms. The molecule has 1 aromatic heterocycles. The first-order valence-electron chi connectivity index (χ1n) is 6.31. The molecular formula is C16H10I2O4. The van der Waals surface area contributed by atoms with E-state index < -0.39 is 0 Å². The van der Waals surface area contributed by atoms with E-state index in [4.69, 9.17) is 9.15 Å². The predicted molar refractivity (Wildman–Crippen MR) is 102 cm³/mol. The first-order chi connectivity index (χ1) is 10.5. The number of ether oxygens (including phenoxy) is 1. The molecule has 0 amide bonds. The zero-order valence-corrected chi connectivity index (χ0v) is 15.7. The van der Waals surface area contributed by atoms with Gasteiger partial charge in [0.15, 0.2) is 16.8 Å². The lowest BCUT2D eigenvalue weighted by atomic mass is 10.1. The van der Waals surface area contributed by atoms with Crippen LogP contribution in [0.3, 0.4) is 0 Å². The number of rotatable bonds is 2. The van der Waals surface area contributed by atoms with E-state index in [1.165, 1.54) is 13.2 Å². The summed E-state index contributed by atoms with van der Waals surface area (Å²) in [6.45, 7) is 0. The van der Waals surface area contributed by atoms with Crippen LogP contribution in [0.4, 0.5) is 0 Å². The molecular weight excluding hydrogens is 510 g/mol. The Balaban J connectivity index is 2.42. The van der Waals surface area contributed by atoms with E-state index in [9.17, 15) is 9.90 Å². The largest absolute Gasteiger partial charge is 0.506 e. The van der Waals surface area contributed by atoms with E-state index in [1.54, 1.807) is 0 Å². The standard InChI is InChI=1S/C16H10I2O4/c1-21-16-12(17)14(20)11-9(19)7-10(22-15(11)13(16)18)8-5-3-2-4-6-8/h2-7,20H,1H3. The van der Waals surface area contributed by atoms with Crippen LogP contribution in [0.1, 0.15) is 0 Å². The number of hydrogen-bond donors (Lipinski definition) is 1. The summed E-state index contributed by atoms with van der Waals surface area (Å²) < 4.78 is 12.4. The van der Waals surface area contributed by atoms with Gasteiger partial charge < -0.3 is 14.3 Å². The van der Waals surface area contributed by atoms with Crippen molar-refractivity contribution in [3.63, 3.8) is 0 Å². The van der Waals surface area contributed by atoms with Crippen molar-refractivity contribution in [2.45, 2.75) is 0 Å². The number of halogens is 2. The van der Waals surface area contributed by atoms with Crippen molar-refractivity contribution in [2.75, 3.05) is 7.11 Å². The van der Waals surface area contributed by atoms with Crippen LogP contribution < -0.4 is 10.2 Å². The van der Waals surface area contributed by atoms with Crippen LogP contribution in [0.15, 0.2) is 45.6 Å². The Labute approximate surface area is 153 Å². The molecule has 0 aliphatic heterocycles. The van der Waals surface area contributed by atoms with Crippen molar-refractivity contribution >= 4 is 56.2 Å². The van der Waals surface area contributed by atoms with Gasteiger partial charge in [-0.05, 0) is 45.2 Å². The minimum atomic E-state index is -0.281. The van der Waals surface area contributed by atoms with Crippen LogP contribution in [-0.4, -0.2) is 12.2 Å². The van der Waals surface area contributed by atoms with Crippen LogP contribution in [0, 0.1) is 7.14 Å². The molecule has 0 saturated carbocycles. The number of hydrogen-bond acceptors (Lipinski definition) is 4. The summed E-state index contributed by atoms with van der Waals surface area (Å²) in [4.78, 5) is 12.4. The Kier molecular flexibility index (Phi) is 4.31. The zero-order valence-electron chi connectivity index (χ0n) is 11.4. The number of methoxy groups -OCH3 is 1. The van der Waals surface area contributed by atoms with Gasteiger partial charge in [0, 0.05) is 11.6 Å². The molecule has 0 aliphatic carbocycles. The summed E-state index contributed by atoms with van der Waals surface area (Å²) in [5.74, 6) is 0.847. The second-order valence-corrected chi connectivity index (χ2v) is 6.71. The SMILES string of the molecule is COc1c(I)c(O)c2c(=O)cc(-c3ccccc3)oc2c1I. The van der Waals surface area contributed by atoms with Crippen LogP contribution in [-0.2, 0) is 0 Å². The third-order valence-corrected chi connectivity index (χ3v) is 5.23. The predicted octanol–water partition coefficient (Wildman–Crippen LogP) is 4.38. The summed E-state index contributed by atoms with van der Waals surface area (Å²) >= 11 is 4.02. The second kappa shape index (κ2) is 6.07. The lowest BCUT2D eigenvalue weighted by molar-refractivity contribution is 0.400. The Hall–Kier alpha value is -1.29. The molecule has 112 valence electrons. The van der Waals surface area contributed by atoms with Crippen molar-refractivity contribution in [3.05, 3.63) is 53.8 Å². The van der Waals surface area contributed by atoms with E-state index >= 15 is 0 Å². The Bertz CT molecular complexity index is 917. The third kappa shape index (κ3) is 2.47. The van der Waals surface area contributed by atoms with E-state index in [1.807, 2.05) is 52.9 Å². The van der Waals surface area contributed by atoms with E-state index in [-0.39, 0.29) is 16.6 Å². The zero-order chi connectivity index (χ0) is 15.9. The summed E-state index contributed by atoms with van der Waals surface area (Å²) in [5, 5.41) is 10.5. The number of fused-ring (bicyclic) bond motifs is 1. The fourth-order valence-corrected chi connectivity index (χ4v) is 4.36. The second-order valence-electron chi connectivity index (χ2n) is 4.55. The molecule has 0 aliphatic rings.